The van der Waals surface area contributed by atoms with E-state index in [-0.39, 0.29) is 11.4 Å². The van der Waals surface area contributed by atoms with Crippen LogP contribution in [-0.4, -0.2) is 12.6 Å². The van der Waals surface area contributed by atoms with Gasteiger partial charge in [-0.15, -0.1) is 0 Å². The molecule has 4 aliphatic carbocycles. The quantitative estimate of drug-likeness (QED) is 0.753. The average Bonchev–Trinajstić information content (AvgIpc) is 2.98. The number of fused-ring (bicyclic) bond motifs is 4. The van der Waals surface area contributed by atoms with E-state index in [1.54, 1.807) is 0 Å². The standard InChI is InChI=1S/C21H26O2/c1-14-11-15(2)19-17(12-14)3-4-18(19)20(22)23-13-21-8-5-16(6-9-21)7-10-21/h4,11-12,16H,3,5-10,13H2,1-2H3. The van der Waals surface area contributed by atoms with Gasteiger partial charge in [-0.2, -0.15) is 0 Å². The first kappa shape index (κ1) is 15.0. The molecule has 2 heteroatoms. The van der Waals surface area contributed by atoms with E-state index in [9.17, 15) is 4.79 Å². The fraction of sp³-hybridized carbons (Fsp3) is 0.571. The van der Waals surface area contributed by atoms with Crippen molar-refractivity contribution in [3.8, 4) is 0 Å². The molecule has 1 aromatic carbocycles. The number of ether oxygens (including phenoxy) is 1. The van der Waals surface area contributed by atoms with Gasteiger partial charge in [-0.05, 0) is 81.4 Å². The zero-order valence-corrected chi connectivity index (χ0v) is 14.3. The maximum atomic E-state index is 12.7. The first-order chi connectivity index (χ1) is 11.1. The van der Waals surface area contributed by atoms with Gasteiger partial charge in [0.05, 0.1) is 12.2 Å². The van der Waals surface area contributed by atoms with Crippen LogP contribution < -0.4 is 0 Å². The Morgan fingerprint density at radius 3 is 2.57 bits per heavy atom. The Morgan fingerprint density at radius 1 is 1.17 bits per heavy atom. The summed E-state index contributed by atoms with van der Waals surface area (Å²) in [6.45, 7) is 4.83. The number of rotatable bonds is 3. The van der Waals surface area contributed by atoms with Crippen LogP contribution in [0.15, 0.2) is 18.2 Å². The molecular formula is C21H26O2. The lowest BCUT2D eigenvalue weighted by Gasteiger charge is -2.46. The molecule has 0 N–H and O–H groups in total. The van der Waals surface area contributed by atoms with Crippen LogP contribution in [0.2, 0.25) is 0 Å². The van der Waals surface area contributed by atoms with E-state index in [1.165, 1.54) is 55.2 Å². The van der Waals surface area contributed by atoms with Crippen LogP contribution in [0.25, 0.3) is 5.57 Å². The van der Waals surface area contributed by atoms with E-state index in [4.69, 9.17) is 4.74 Å². The zero-order chi connectivity index (χ0) is 16.0. The fourth-order valence-corrected chi connectivity index (χ4v) is 4.95. The lowest BCUT2D eigenvalue weighted by Crippen LogP contribution is -2.38. The maximum absolute atomic E-state index is 12.7. The molecule has 0 spiro atoms. The molecule has 0 amide bonds. The Balaban J connectivity index is 1.47. The van der Waals surface area contributed by atoms with Gasteiger partial charge in [0.1, 0.15) is 0 Å². The second kappa shape index (κ2) is 5.51. The normalized spacial score (nSPS) is 28.4. The molecule has 0 atom stereocenters. The van der Waals surface area contributed by atoms with Crippen LogP contribution in [0.4, 0.5) is 0 Å². The Morgan fingerprint density at radius 2 is 1.87 bits per heavy atom. The molecular weight excluding hydrogens is 284 g/mol. The minimum absolute atomic E-state index is 0.113. The van der Waals surface area contributed by atoms with E-state index in [0.29, 0.717) is 6.61 Å². The summed E-state index contributed by atoms with van der Waals surface area (Å²) in [6.07, 6.45) is 10.7. The number of esters is 1. The fourth-order valence-electron chi connectivity index (χ4n) is 4.95. The lowest BCUT2D eigenvalue weighted by atomic mass is 9.61. The van der Waals surface area contributed by atoms with Gasteiger partial charge >= 0.3 is 5.97 Å². The van der Waals surface area contributed by atoms with E-state index >= 15 is 0 Å². The second-order valence-electron chi connectivity index (χ2n) is 8.00. The molecule has 3 saturated carbocycles. The van der Waals surface area contributed by atoms with Crippen LogP contribution in [0.3, 0.4) is 0 Å². The number of carbonyl (C=O) groups is 1. The van der Waals surface area contributed by atoms with E-state index in [0.717, 1.165) is 23.5 Å². The van der Waals surface area contributed by atoms with Gasteiger partial charge in [-0.1, -0.05) is 23.8 Å². The van der Waals surface area contributed by atoms with Gasteiger partial charge in [-0.25, -0.2) is 4.79 Å². The SMILES string of the molecule is Cc1cc(C)c2c(c1)CC=C2C(=O)OCC12CCC(CC1)CC2. The number of hydrogen-bond donors (Lipinski definition) is 0. The Labute approximate surface area is 138 Å². The van der Waals surface area contributed by atoms with Gasteiger partial charge in [-0.3, -0.25) is 0 Å². The molecule has 4 aliphatic rings. The average molecular weight is 310 g/mol. The molecule has 3 fully saturated rings. The number of carbonyl (C=O) groups excluding carboxylic acids is 1. The van der Waals surface area contributed by atoms with Crippen LogP contribution in [0.5, 0.6) is 0 Å². The summed E-state index contributed by atoms with van der Waals surface area (Å²) in [5, 5.41) is 0. The van der Waals surface area contributed by atoms with Gasteiger partial charge < -0.3 is 4.74 Å². The molecule has 5 rings (SSSR count). The van der Waals surface area contributed by atoms with Crippen LogP contribution in [0.1, 0.15) is 60.8 Å². The molecule has 1 aromatic rings. The maximum Gasteiger partial charge on any atom is 0.338 e. The molecule has 0 unspecified atom stereocenters. The summed E-state index contributed by atoms with van der Waals surface area (Å²) >= 11 is 0. The smallest absolute Gasteiger partial charge is 0.338 e. The molecule has 2 nitrogen and oxygen atoms in total. The van der Waals surface area contributed by atoms with Crippen LogP contribution in [-0.2, 0) is 16.0 Å². The molecule has 122 valence electrons. The van der Waals surface area contributed by atoms with E-state index < -0.39 is 0 Å². The molecule has 0 aromatic heterocycles. The summed E-state index contributed by atoms with van der Waals surface area (Å²) in [6, 6.07) is 4.35. The van der Waals surface area contributed by atoms with Crippen LogP contribution in [0, 0.1) is 25.2 Å². The summed E-state index contributed by atoms with van der Waals surface area (Å²) in [7, 11) is 0. The van der Waals surface area contributed by atoms with Crippen molar-refractivity contribution < 1.29 is 9.53 Å². The molecule has 2 bridgehead atoms. The first-order valence-electron chi connectivity index (χ1n) is 9.04. The summed E-state index contributed by atoms with van der Waals surface area (Å²) in [4.78, 5) is 12.7. The third kappa shape index (κ3) is 2.62. The van der Waals surface area contributed by atoms with Gasteiger partial charge in [0.15, 0.2) is 0 Å². The number of aryl methyl sites for hydroxylation is 2. The van der Waals surface area contributed by atoms with Gasteiger partial charge in [0.25, 0.3) is 0 Å². The highest BCUT2D eigenvalue weighted by molar-refractivity contribution is 6.18. The summed E-state index contributed by atoms with van der Waals surface area (Å²) < 4.78 is 5.82. The third-order valence-corrected chi connectivity index (χ3v) is 6.34. The number of benzene rings is 1. The van der Waals surface area contributed by atoms with E-state index in [1.807, 2.05) is 0 Å². The molecule has 0 saturated heterocycles. The van der Waals surface area contributed by atoms with Crippen molar-refractivity contribution in [1.82, 2.24) is 0 Å². The number of hydrogen-bond acceptors (Lipinski definition) is 2. The topological polar surface area (TPSA) is 26.3 Å². The van der Waals surface area contributed by atoms with Crippen LogP contribution >= 0.6 is 0 Å². The predicted molar refractivity (Wildman–Crippen MR) is 92.2 cm³/mol. The Bertz CT molecular complexity index is 662. The zero-order valence-electron chi connectivity index (χ0n) is 14.3. The van der Waals surface area contributed by atoms with Crippen molar-refractivity contribution in [3.63, 3.8) is 0 Å². The van der Waals surface area contributed by atoms with Crippen molar-refractivity contribution in [2.24, 2.45) is 11.3 Å². The number of allylic oxidation sites excluding steroid dienone is 1. The van der Waals surface area contributed by atoms with Crippen molar-refractivity contribution in [3.05, 3.63) is 40.5 Å². The molecule has 0 aliphatic heterocycles. The van der Waals surface area contributed by atoms with Gasteiger partial charge in [0.2, 0.25) is 0 Å². The van der Waals surface area contributed by atoms with Crippen molar-refractivity contribution in [2.75, 3.05) is 6.61 Å². The van der Waals surface area contributed by atoms with Gasteiger partial charge in [0, 0.05) is 5.41 Å². The Hall–Kier alpha value is -1.57. The van der Waals surface area contributed by atoms with Crippen molar-refractivity contribution in [1.29, 1.82) is 0 Å². The molecule has 23 heavy (non-hydrogen) atoms. The third-order valence-electron chi connectivity index (χ3n) is 6.34. The molecule has 0 radical (unpaired) electrons. The predicted octanol–water partition coefficient (Wildman–Crippen LogP) is 4.76. The second-order valence-corrected chi connectivity index (χ2v) is 8.00. The summed E-state index contributed by atoms with van der Waals surface area (Å²) in [5.74, 6) is 0.834. The lowest BCUT2D eigenvalue weighted by molar-refractivity contribution is -0.142. The highest BCUT2D eigenvalue weighted by Gasteiger charge is 2.41. The summed E-state index contributed by atoms with van der Waals surface area (Å²) in [5.41, 5.74) is 5.92. The van der Waals surface area contributed by atoms with E-state index in [2.05, 4.69) is 32.1 Å². The van der Waals surface area contributed by atoms with Crippen molar-refractivity contribution in [2.45, 2.75) is 58.8 Å². The highest BCUT2D eigenvalue weighted by atomic mass is 16.5. The first-order valence-corrected chi connectivity index (χ1v) is 9.04. The largest absolute Gasteiger partial charge is 0.461 e. The molecule has 0 heterocycles. The minimum atomic E-state index is -0.113. The minimum Gasteiger partial charge on any atom is -0.461 e. The Kier molecular flexibility index (Phi) is 3.59. The monoisotopic (exact) mass is 310 g/mol. The highest BCUT2D eigenvalue weighted by Crippen LogP contribution is 2.50. The van der Waals surface area contributed by atoms with Crippen molar-refractivity contribution >= 4 is 11.5 Å².